The normalized spacial score (nSPS) is 18.1. The van der Waals surface area contributed by atoms with Crippen molar-refractivity contribution in [1.82, 2.24) is 9.80 Å². The van der Waals surface area contributed by atoms with Crippen LogP contribution in [0.3, 0.4) is 0 Å². The molecule has 1 heterocycles. The van der Waals surface area contributed by atoms with Crippen molar-refractivity contribution in [2.45, 2.75) is 12.5 Å². The van der Waals surface area contributed by atoms with Gasteiger partial charge in [-0.25, -0.2) is 0 Å². The zero-order valence-electron chi connectivity index (χ0n) is 14.4. The van der Waals surface area contributed by atoms with Crippen LogP contribution in [0.1, 0.15) is 5.56 Å². The molecule has 1 aromatic rings. The second-order valence-corrected chi connectivity index (χ2v) is 5.94. The van der Waals surface area contributed by atoms with E-state index in [9.17, 15) is 4.79 Å². The Kier molecular flexibility index (Phi) is 6.24. The van der Waals surface area contributed by atoms with Gasteiger partial charge in [0.1, 0.15) is 0 Å². The maximum atomic E-state index is 12.7. The van der Waals surface area contributed by atoms with Crippen molar-refractivity contribution in [1.29, 1.82) is 0 Å². The van der Waals surface area contributed by atoms with Gasteiger partial charge < -0.3 is 24.0 Å². The van der Waals surface area contributed by atoms with Crippen LogP contribution >= 0.6 is 0 Å². The summed E-state index contributed by atoms with van der Waals surface area (Å²) in [5, 5.41) is 0. The number of hydrogen-bond donors (Lipinski definition) is 0. The second-order valence-electron chi connectivity index (χ2n) is 5.94. The maximum absolute atomic E-state index is 12.7. The summed E-state index contributed by atoms with van der Waals surface area (Å²) >= 11 is 0. The summed E-state index contributed by atoms with van der Waals surface area (Å²) in [7, 11) is 7.21. The second kappa shape index (κ2) is 8.17. The Balaban J connectivity index is 2.07. The number of carbonyl (C=O) groups is 1. The summed E-state index contributed by atoms with van der Waals surface area (Å²) in [4.78, 5) is 16.7. The number of rotatable bonds is 6. The number of ether oxygens (including phenoxy) is 3. The molecule has 0 radical (unpaired) electrons. The lowest BCUT2D eigenvalue weighted by Gasteiger charge is -2.37. The molecule has 1 amide bonds. The van der Waals surface area contributed by atoms with Gasteiger partial charge in [-0.05, 0) is 31.8 Å². The van der Waals surface area contributed by atoms with Gasteiger partial charge in [-0.1, -0.05) is 6.07 Å². The fourth-order valence-corrected chi connectivity index (χ4v) is 2.82. The minimum atomic E-state index is 0.103. The highest BCUT2D eigenvalue weighted by Crippen LogP contribution is 2.28. The Morgan fingerprint density at radius 2 is 2.04 bits per heavy atom. The van der Waals surface area contributed by atoms with Crippen LogP contribution in [-0.2, 0) is 16.0 Å². The van der Waals surface area contributed by atoms with Gasteiger partial charge in [0, 0.05) is 13.1 Å². The molecule has 1 aromatic carbocycles. The van der Waals surface area contributed by atoms with E-state index < -0.39 is 0 Å². The van der Waals surface area contributed by atoms with Crippen molar-refractivity contribution in [2.24, 2.45) is 0 Å². The zero-order valence-corrected chi connectivity index (χ0v) is 14.4. The van der Waals surface area contributed by atoms with Crippen LogP contribution in [0.5, 0.6) is 11.5 Å². The Bertz CT molecular complexity index is 533. The van der Waals surface area contributed by atoms with Gasteiger partial charge in [0.25, 0.3) is 0 Å². The van der Waals surface area contributed by atoms with Crippen LogP contribution in [0.25, 0.3) is 0 Å². The maximum Gasteiger partial charge on any atom is 0.227 e. The first-order valence-electron chi connectivity index (χ1n) is 7.78. The molecule has 0 unspecified atom stereocenters. The minimum Gasteiger partial charge on any atom is -0.493 e. The molecular weight excluding hydrogens is 296 g/mol. The van der Waals surface area contributed by atoms with Gasteiger partial charge in [-0.15, -0.1) is 0 Å². The van der Waals surface area contributed by atoms with Crippen LogP contribution in [0.4, 0.5) is 0 Å². The monoisotopic (exact) mass is 322 g/mol. The van der Waals surface area contributed by atoms with Crippen molar-refractivity contribution >= 4 is 5.91 Å². The Labute approximate surface area is 137 Å². The molecule has 1 atom stereocenters. The first-order valence-corrected chi connectivity index (χ1v) is 7.78. The van der Waals surface area contributed by atoms with E-state index in [0.29, 0.717) is 37.7 Å². The topological polar surface area (TPSA) is 51.2 Å². The third-order valence-electron chi connectivity index (χ3n) is 3.93. The van der Waals surface area contributed by atoms with Crippen LogP contribution in [0.2, 0.25) is 0 Å². The fourth-order valence-electron chi connectivity index (χ4n) is 2.82. The van der Waals surface area contributed by atoms with Gasteiger partial charge in [0.15, 0.2) is 11.5 Å². The van der Waals surface area contributed by atoms with Crippen molar-refractivity contribution in [3.05, 3.63) is 23.8 Å². The first kappa shape index (κ1) is 17.6. The average Bonchev–Trinajstić information content (AvgIpc) is 2.54. The predicted molar refractivity (Wildman–Crippen MR) is 88.1 cm³/mol. The molecule has 1 aliphatic rings. The van der Waals surface area contributed by atoms with E-state index in [4.69, 9.17) is 14.2 Å². The lowest BCUT2D eigenvalue weighted by molar-refractivity contribution is -0.139. The number of methoxy groups -OCH3 is 2. The molecule has 0 aliphatic carbocycles. The first-order chi connectivity index (χ1) is 11.0. The Hall–Kier alpha value is -1.79. The van der Waals surface area contributed by atoms with Gasteiger partial charge in [0.2, 0.25) is 5.91 Å². The quantitative estimate of drug-likeness (QED) is 0.783. The van der Waals surface area contributed by atoms with Crippen molar-refractivity contribution in [3.63, 3.8) is 0 Å². The van der Waals surface area contributed by atoms with Crippen LogP contribution in [-0.4, -0.2) is 76.4 Å². The summed E-state index contributed by atoms with van der Waals surface area (Å²) in [6.45, 7) is 2.64. The lowest BCUT2D eigenvalue weighted by atomic mass is 10.1. The van der Waals surface area contributed by atoms with Crippen LogP contribution < -0.4 is 9.47 Å². The van der Waals surface area contributed by atoms with Crippen molar-refractivity contribution in [2.75, 3.05) is 54.6 Å². The third kappa shape index (κ3) is 4.59. The number of nitrogens with zero attached hydrogens (tertiary/aromatic N) is 2. The van der Waals surface area contributed by atoms with Gasteiger partial charge in [-0.2, -0.15) is 0 Å². The molecule has 2 rings (SSSR count). The fraction of sp³-hybridized carbons (Fsp3) is 0.588. The number of benzene rings is 1. The largest absolute Gasteiger partial charge is 0.493 e. The highest BCUT2D eigenvalue weighted by molar-refractivity contribution is 5.79. The highest BCUT2D eigenvalue weighted by atomic mass is 16.5. The summed E-state index contributed by atoms with van der Waals surface area (Å²) in [6.07, 6.45) is 0.351. The molecule has 1 fully saturated rings. The number of carbonyl (C=O) groups excluding carboxylic acids is 1. The van der Waals surface area contributed by atoms with E-state index in [1.165, 1.54) is 0 Å². The predicted octanol–water partition coefficient (Wildman–Crippen LogP) is 1.04. The van der Waals surface area contributed by atoms with Crippen LogP contribution in [0.15, 0.2) is 18.2 Å². The number of hydrogen-bond acceptors (Lipinski definition) is 5. The molecule has 1 aliphatic heterocycles. The van der Waals surface area contributed by atoms with Gasteiger partial charge in [0.05, 0.1) is 39.9 Å². The molecule has 128 valence electrons. The van der Waals surface area contributed by atoms with E-state index >= 15 is 0 Å². The van der Waals surface area contributed by atoms with Gasteiger partial charge >= 0.3 is 0 Å². The number of likely N-dealkylation sites (N-methyl/N-ethyl adjacent to an activating group) is 1. The van der Waals surface area contributed by atoms with E-state index in [1.54, 1.807) is 14.2 Å². The van der Waals surface area contributed by atoms with Crippen LogP contribution in [0, 0.1) is 0 Å². The molecule has 0 saturated carbocycles. The van der Waals surface area contributed by atoms with E-state index in [-0.39, 0.29) is 11.9 Å². The molecule has 0 spiro atoms. The molecule has 6 nitrogen and oxygen atoms in total. The molecule has 0 bridgehead atoms. The number of morpholine rings is 1. The molecule has 0 N–H and O–H groups in total. The molecule has 0 aromatic heterocycles. The molecule has 1 saturated heterocycles. The molecule has 6 heteroatoms. The Morgan fingerprint density at radius 3 is 2.70 bits per heavy atom. The summed E-state index contributed by atoms with van der Waals surface area (Å²) < 4.78 is 16.1. The summed E-state index contributed by atoms with van der Waals surface area (Å²) in [5.74, 6) is 1.43. The number of amides is 1. The molecule has 23 heavy (non-hydrogen) atoms. The van der Waals surface area contributed by atoms with Crippen molar-refractivity contribution < 1.29 is 19.0 Å². The minimum absolute atomic E-state index is 0.103. The summed E-state index contributed by atoms with van der Waals surface area (Å²) in [6, 6.07) is 5.70. The Morgan fingerprint density at radius 1 is 1.30 bits per heavy atom. The molecular formula is C17H26N2O4. The van der Waals surface area contributed by atoms with E-state index in [2.05, 4.69) is 4.90 Å². The SMILES string of the molecule is COc1ccc(CC(=O)N2CCOC[C@@H]2CN(C)C)cc1OC. The summed E-state index contributed by atoms with van der Waals surface area (Å²) in [5.41, 5.74) is 0.919. The third-order valence-corrected chi connectivity index (χ3v) is 3.93. The van der Waals surface area contributed by atoms with E-state index in [1.807, 2.05) is 37.2 Å². The smallest absolute Gasteiger partial charge is 0.227 e. The highest BCUT2D eigenvalue weighted by Gasteiger charge is 2.27. The lowest BCUT2D eigenvalue weighted by Crippen LogP contribution is -2.53. The van der Waals surface area contributed by atoms with E-state index in [0.717, 1.165) is 12.1 Å². The average molecular weight is 322 g/mol. The zero-order chi connectivity index (χ0) is 16.8. The van der Waals surface area contributed by atoms with Crippen molar-refractivity contribution in [3.8, 4) is 11.5 Å². The standard InChI is InChI=1S/C17H26N2O4/c1-18(2)11-14-12-23-8-7-19(14)17(20)10-13-5-6-15(21-3)16(9-13)22-4/h5-6,9,14H,7-8,10-12H2,1-4H3/t14-/m0/s1. The van der Waals surface area contributed by atoms with Gasteiger partial charge in [-0.3, -0.25) is 4.79 Å².